The van der Waals surface area contributed by atoms with Gasteiger partial charge < -0.3 is 9.84 Å². The highest BCUT2D eigenvalue weighted by Gasteiger charge is 2.56. The van der Waals surface area contributed by atoms with Crippen LogP contribution in [0.4, 0.5) is 0 Å². The number of hydrogen-bond donors (Lipinski definition) is 1. The van der Waals surface area contributed by atoms with Crippen LogP contribution in [0.15, 0.2) is 18.2 Å². The number of phenolic OH excluding ortho intramolecular Hbond substituents is 1. The lowest BCUT2D eigenvalue weighted by atomic mass is 9.49. The summed E-state index contributed by atoms with van der Waals surface area (Å²) in [5, 5.41) is 9.88. The van der Waals surface area contributed by atoms with Crippen LogP contribution in [-0.2, 0) is 11.2 Å². The third kappa shape index (κ3) is 2.58. The average molecular weight is 328 g/mol. The number of ether oxygens (including phenoxy) is 1. The Morgan fingerprint density at radius 2 is 2.04 bits per heavy atom. The summed E-state index contributed by atoms with van der Waals surface area (Å²) in [5.41, 5.74) is 3.41. The molecule has 0 radical (unpaired) electrons. The Morgan fingerprint density at radius 1 is 1.25 bits per heavy atom. The lowest BCUT2D eigenvalue weighted by Crippen LogP contribution is -2.56. The van der Waals surface area contributed by atoms with Crippen molar-refractivity contribution in [3.63, 3.8) is 0 Å². The van der Waals surface area contributed by atoms with Crippen LogP contribution < -0.4 is 0 Å². The highest BCUT2D eigenvalue weighted by atomic mass is 16.5. The third-order valence-electron chi connectivity index (χ3n) is 7.42. The summed E-state index contributed by atoms with van der Waals surface area (Å²) in [6, 6.07) is 6.08. The molecule has 24 heavy (non-hydrogen) atoms. The molecule has 4 rings (SSSR count). The molecule has 132 valence electrons. The number of phenols is 1. The zero-order valence-electron chi connectivity index (χ0n) is 15.5. The van der Waals surface area contributed by atoms with Crippen LogP contribution in [-0.4, -0.2) is 17.3 Å². The maximum absolute atomic E-state index is 9.88. The molecule has 1 saturated heterocycles. The van der Waals surface area contributed by atoms with E-state index in [9.17, 15) is 5.11 Å². The Bertz CT molecular complexity index is 616. The molecule has 1 aliphatic heterocycles. The van der Waals surface area contributed by atoms with Crippen molar-refractivity contribution in [3.05, 3.63) is 29.3 Å². The van der Waals surface area contributed by atoms with Gasteiger partial charge in [0.25, 0.3) is 0 Å². The second kappa shape index (κ2) is 5.76. The number of rotatable bonds is 3. The van der Waals surface area contributed by atoms with Crippen LogP contribution in [0.2, 0.25) is 0 Å². The molecule has 1 heterocycles. The lowest BCUT2D eigenvalue weighted by Gasteiger charge is -2.60. The van der Waals surface area contributed by atoms with E-state index in [2.05, 4.69) is 26.8 Å². The van der Waals surface area contributed by atoms with E-state index in [1.165, 1.54) is 49.7 Å². The van der Waals surface area contributed by atoms with E-state index >= 15 is 0 Å². The van der Waals surface area contributed by atoms with Gasteiger partial charge in [0.15, 0.2) is 0 Å². The van der Waals surface area contributed by atoms with E-state index in [1.807, 2.05) is 12.1 Å². The number of aromatic hydroxyl groups is 1. The molecule has 0 amide bonds. The van der Waals surface area contributed by atoms with Gasteiger partial charge in [-0.25, -0.2) is 0 Å². The van der Waals surface area contributed by atoms with E-state index in [1.54, 1.807) is 0 Å². The summed E-state index contributed by atoms with van der Waals surface area (Å²) >= 11 is 0. The van der Waals surface area contributed by atoms with Crippen LogP contribution in [0, 0.1) is 17.3 Å². The van der Waals surface area contributed by atoms with E-state index < -0.39 is 0 Å². The first-order valence-electron chi connectivity index (χ1n) is 9.88. The Balaban J connectivity index is 1.69. The first-order valence-corrected chi connectivity index (χ1v) is 9.88. The average Bonchev–Trinajstić information content (AvgIpc) is 2.51. The Morgan fingerprint density at radius 3 is 2.71 bits per heavy atom. The molecular formula is C22H32O2. The van der Waals surface area contributed by atoms with Gasteiger partial charge in [-0.2, -0.15) is 0 Å². The van der Waals surface area contributed by atoms with Gasteiger partial charge in [-0.05, 0) is 85.0 Å². The van der Waals surface area contributed by atoms with Crippen molar-refractivity contribution >= 4 is 0 Å². The molecule has 0 aromatic heterocycles. The smallest absolute Gasteiger partial charge is 0.115 e. The minimum absolute atomic E-state index is 0.151. The second-order valence-electron chi connectivity index (χ2n) is 9.30. The largest absolute Gasteiger partial charge is 0.508 e. The molecule has 1 aromatic rings. The van der Waals surface area contributed by atoms with Crippen molar-refractivity contribution in [2.24, 2.45) is 17.3 Å². The molecular weight excluding hydrogens is 296 g/mol. The van der Waals surface area contributed by atoms with Gasteiger partial charge in [0.2, 0.25) is 0 Å². The van der Waals surface area contributed by atoms with Crippen LogP contribution in [0.3, 0.4) is 0 Å². The Hall–Kier alpha value is -1.02. The van der Waals surface area contributed by atoms with Crippen molar-refractivity contribution in [3.8, 4) is 5.75 Å². The van der Waals surface area contributed by atoms with Crippen LogP contribution in [0.1, 0.15) is 76.3 Å². The van der Waals surface area contributed by atoms with Crippen molar-refractivity contribution < 1.29 is 9.84 Å². The number of fused-ring (bicyclic) bond motifs is 3. The molecule has 1 spiro atoms. The summed E-state index contributed by atoms with van der Waals surface area (Å²) in [7, 11) is 0. The van der Waals surface area contributed by atoms with Gasteiger partial charge >= 0.3 is 0 Å². The van der Waals surface area contributed by atoms with E-state index in [0.717, 1.165) is 24.9 Å². The zero-order valence-corrected chi connectivity index (χ0v) is 15.5. The monoisotopic (exact) mass is 328 g/mol. The van der Waals surface area contributed by atoms with Crippen molar-refractivity contribution in [2.75, 3.05) is 6.61 Å². The fourth-order valence-electron chi connectivity index (χ4n) is 5.73. The molecule has 1 N–H and O–H groups in total. The maximum atomic E-state index is 9.88. The first-order chi connectivity index (χ1) is 11.4. The fourth-order valence-corrected chi connectivity index (χ4v) is 5.73. The molecule has 0 bridgehead atoms. The minimum Gasteiger partial charge on any atom is -0.508 e. The van der Waals surface area contributed by atoms with E-state index in [-0.39, 0.29) is 5.60 Å². The highest BCUT2D eigenvalue weighted by Crippen LogP contribution is 2.62. The molecule has 3 aliphatic rings. The summed E-state index contributed by atoms with van der Waals surface area (Å²) < 4.78 is 6.18. The normalized spacial score (nSPS) is 37.8. The van der Waals surface area contributed by atoms with Crippen molar-refractivity contribution in [2.45, 2.75) is 77.2 Å². The molecule has 1 aromatic carbocycles. The zero-order chi connectivity index (χ0) is 16.9. The summed E-state index contributed by atoms with van der Waals surface area (Å²) in [6.45, 7) is 8.18. The highest BCUT2D eigenvalue weighted by molar-refractivity contribution is 5.41. The molecule has 4 unspecified atom stereocenters. The van der Waals surface area contributed by atoms with Gasteiger partial charge in [-0.1, -0.05) is 33.3 Å². The van der Waals surface area contributed by atoms with Crippen LogP contribution >= 0.6 is 0 Å². The van der Waals surface area contributed by atoms with Crippen LogP contribution in [0.5, 0.6) is 5.75 Å². The molecule has 2 aliphatic carbocycles. The van der Waals surface area contributed by atoms with Gasteiger partial charge in [0.05, 0.1) is 12.2 Å². The predicted molar refractivity (Wildman–Crippen MR) is 97.4 cm³/mol. The topological polar surface area (TPSA) is 29.5 Å². The standard InChI is InChI=1S/C22H32O2/c1-15(2)4-5-17-13-22(10-11-24-22)14-20-19-7-6-18(23)12-16(19)8-9-21(17,20)3/h6-7,12,15,17,20,23H,4-5,8-11,13-14H2,1-3H3. The Labute approximate surface area is 146 Å². The van der Waals surface area contributed by atoms with Gasteiger partial charge in [-0.15, -0.1) is 0 Å². The third-order valence-corrected chi connectivity index (χ3v) is 7.42. The van der Waals surface area contributed by atoms with Crippen molar-refractivity contribution in [1.29, 1.82) is 0 Å². The first kappa shape index (κ1) is 16.4. The molecule has 2 heteroatoms. The molecule has 1 saturated carbocycles. The summed E-state index contributed by atoms with van der Waals surface area (Å²) in [6.07, 6.45) is 8.72. The maximum Gasteiger partial charge on any atom is 0.115 e. The number of benzene rings is 1. The second-order valence-corrected chi connectivity index (χ2v) is 9.30. The minimum atomic E-state index is 0.151. The SMILES string of the molecule is CC(C)CCC1CC2(CCO2)CC2c3ccc(O)cc3CCC12C. The van der Waals surface area contributed by atoms with E-state index in [4.69, 9.17) is 4.74 Å². The summed E-state index contributed by atoms with van der Waals surface area (Å²) in [5.74, 6) is 2.55. The fraction of sp³-hybridized carbons (Fsp3) is 0.727. The summed E-state index contributed by atoms with van der Waals surface area (Å²) in [4.78, 5) is 0. The molecule has 2 fully saturated rings. The van der Waals surface area contributed by atoms with Gasteiger partial charge in [-0.3, -0.25) is 0 Å². The quantitative estimate of drug-likeness (QED) is 0.801. The number of aryl methyl sites for hydroxylation is 1. The molecule has 2 nitrogen and oxygen atoms in total. The van der Waals surface area contributed by atoms with E-state index in [0.29, 0.717) is 17.1 Å². The molecule has 4 atom stereocenters. The van der Waals surface area contributed by atoms with Crippen LogP contribution in [0.25, 0.3) is 0 Å². The predicted octanol–water partition coefficient (Wildman–Crippen LogP) is 5.43. The van der Waals surface area contributed by atoms with Crippen molar-refractivity contribution in [1.82, 2.24) is 0 Å². The Kier molecular flexibility index (Phi) is 3.95. The number of hydrogen-bond acceptors (Lipinski definition) is 2. The van der Waals surface area contributed by atoms with Gasteiger partial charge in [0, 0.05) is 0 Å². The van der Waals surface area contributed by atoms with Gasteiger partial charge in [0.1, 0.15) is 5.75 Å². The lowest BCUT2D eigenvalue weighted by molar-refractivity contribution is -0.201.